The van der Waals surface area contributed by atoms with Gasteiger partial charge in [-0.05, 0) is 54.4 Å². The Morgan fingerprint density at radius 3 is 2.62 bits per heavy atom. The maximum atomic E-state index is 12.5. The van der Waals surface area contributed by atoms with Crippen LogP contribution in [0.1, 0.15) is 22.8 Å². The first-order valence-electron chi connectivity index (χ1n) is 8.67. The van der Waals surface area contributed by atoms with Gasteiger partial charge in [-0.25, -0.2) is 0 Å². The Labute approximate surface area is 151 Å². The largest absolute Gasteiger partial charge is 0.361 e. The lowest BCUT2D eigenvalue weighted by atomic mass is 10.1. The van der Waals surface area contributed by atoms with Crippen LogP contribution in [-0.2, 0) is 6.42 Å². The number of aromatic amines is 1. The first-order chi connectivity index (χ1) is 12.7. The van der Waals surface area contributed by atoms with Gasteiger partial charge in [-0.1, -0.05) is 25.1 Å². The molecule has 128 valence electrons. The van der Waals surface area contributed by atoms with Crippen molar-refractivity contribution in [2.24, 2.45) is 0 Å². The highest BCUT2D eigenvalue weighted by molar-refractivity contribution is 6.05. The van der Waals surface area contributed by atoms with Crippen LogP contribution < -0.4 is 5.32 Å². The normalized spacial score (nSPS) is 10.8. The van der Waals surface area contributed by atoms with E-state index < -0.39 is 0 Å². The molecule has 26 heavy (non-hydrogen) atoms. The van der Waals surface area contributed by atoms with Crippen LogP contribution in [0, 0.1) is 0 Å². The van der Waals surface area contributed by atoms with Gasteiger partial charge in [0.1, 0.15) is 0 Å². The lowest BCUT2D eigenvalue weighted by molar-refractivity contribution is 0.102. The molecule has 2 N–H and O–H groups in total. The summed E-state index contributed by atoms with van der Waals surface area (Å²) in [6.45, 7) is 2.11. The number of anilines is 1. The Morgan fingerprint density at radius 1 is 1.04 bits per heavy atom. The number of hydrogen-bond acceptors (Lipinski definition) is 2. The summed E-state index contributed by atoms with van der Waals surface area (Å²) < 4.78 is 0. The van der Waals surface area contributed by atoms with Gasteiger partial charge < -0.3 is 10.3 Å². The van der Waals surface area contributed by atoms with Crippen molar-refractivity contribution < 1.29 is 4.79 Å². The van der Waals surface area contributed by atoms with Gasteiger partial charge in [-0.3, -0.25) is 9.78 Å². The molecule has 0 radical (unpaired) electrons. The zero-order valence-electron chi connectivity index (χ0n) is 14.5. The van der Waals surface area contributed by atoms with Crippen molar-refractivity contribution in [3.05, 3.63) is 84.2 Å². The van der Waals surface area contributed by atoms with E-state index in [9.17, 15) is 4.79 Å². The highest BCUT2D eigenvalue weighted by atomic mass is 16.1. The summed E-state index contributed by atoms with van der Waals surface area (Å²) in [5, 5.41) is 4.02. The molecule has 0 aliphatic rings. The predicted octanol–water partition coefficient (Wildman–Crippen LogP) is 5.04. The summed E-state index contributed by atoms with van der Waals surface area (Å²) in [5.74, 6) is -0.124. The van der Waals surface area contributed by atoms with Crippen LogP contribution in [-0.4, -0.2) is 15.9 Å². The molecule has 0 fully saturated rings. The van der Waals surface area contributed by atoms with E-state index in [1.807, 2.05) is 67.0 Å². The molecule has 4 rings (SSSR count). The predicted molar refractivity (Wildman–Crippen MR) is 105 cm³/mol. The van der Waals surface area contributed by atoms with Crippen molar-refractivity contribution >= 4 is 22.5 Å². The van der Waals surface area contributed by atoms with Gasteiger partial charge in [-0.15, -0.1) is 0 Å². The molecule has 0 atom stereocenters. The summed E-state index contributed by atoms with van der Waals surface area (Å²) in [6, 6.07) is 19.4. The smallest absolute Gasteiger partial charge is 0.255 e. The molecule has 0 saturated carbocycles. The Balaban J connectivity index is 1.50. The third kappa shape index (κ3) is 3.22. The molecule has 1 amide bonds. The van der Waals surface area contributed by atoms with Gasteiger partial charge in [0.15, 0.2) is 0 Å². The molecule has 0 aliphatic carbocycles. The van der Waals surface area contributed by atoms with E-state index in [2.05, 4.69) is 28.3 Å². The van der Waals surface area contributed by atoms with Gasteiger partial charge in [0.25, 0.3) is 5.91 Å². The number of aromatic nitrogens is 2. The molecular weight excluding hydrogens is 322 g/mol. The summed E-state index contributed by atoms with van der Waals surface area (Å²) in [6.07, 6.45) is 4.75. The zero-order chi connectivity index (χ0) is 17.9. The lowest BCUT2D eigenvalue weighted by Gasteiger charge is -2.07. The first kappa shape index (κ1) is 16.1. The summed E-state index contributed by atoms with van der Waals surface area (Å²) >= 11 is 0. The SMILES string of the molecule is CCc1ccc(-c2ccc(C(=O)Nc3ccc4[nH]ccc4c3)cc2)nc1. The van der Waals surface area contributed by atoms with Crippen molar-refractivity contribution in [1.82, 2.24) is 9.97 Å². The average Bonchev–Trinajstić information content (AvgIpc) is 3.16. The number of carbonyl (C=O) groups is 1. The average molecular weight is 341 g/mol. The molecule has 4 nitrogen and oxygen atoms in total. The minimum Gasteiger partial charge on any atom is -0.361 e. The van der Waals surface area contributed by atoms with E-state index in [-0.39, 0.29) is 5.91 Å². The molecule has 2 heterocycles. The standard InChI is InChI=1S/C22H19N3O/c1-2-15-3-9-20(24-14-15)16-4-6-17(7-5-16)22(26)25-19-8-10-21-18(13-19)11-12-23-21/h3-14,23H,2H2,1H3,(H,25,26). The monoisotopic (exact) mass is 341 g/mol. The number of aryl methyl sites for hydroxylation is 1. The maximum absolute atomic E-state index is 12.5. The number of carbonyl (C=O) groups excluding carboxylic acids is 1. The number of pyridine rings is 1. The zero-order valence-corrected chi connectivity index (χ0v) is 14.5. The van der Waals surface area contributed by atoms with Crippen LogP contribution in [0.3, 0.4) is 0 Å². The minimum absolute atomic E-state index is 0.124. The third-order valence-corrected chi connectivity index (χ3v) is 4.49. The molecule has 4 heteroatoms. The van der Waals surface area contributed by atoms with Crippen molar-refractivity contribution in [3.8, 4) is 11.3 Å². The van der Waals surface area contributed by atoms with E-state index in [0.717, 1.165) is 34.3 Å². The number of rotatable bonds is 4. The minimum atomic E-state index is -0.124. The molecule has 2 aromatic carbocycles. The van der Waals surface area contributed by atoms with E-state index in [4.69, 9.17) is 0 Å². The fourth-order valence-electron chi connectivity index (χ4n) is 2.93. The van der Waals surface area contributed by atoms with Crippen molar-refractivity contribution in [2.75, 3.05) is 5.32 Å². The highest BCUT2D eigenvalue weighted by Gasteiger charge is 2.08. The molecule has 0 saturated heterocycles. The Kier molecular flexibility index (Phi) is 4.23. The number of fused-ring (bicyclic) bond motifs is 1. The van der Waals surface area contributed by atoms with E-state index in [1.54, 1.807) is 0 Å². The van der Waals surface area contributed by atoms with Gasteiger partial charge in [0, 0.05) is 40.1 Å². The van der Waals surface area contributed by atoms with Crippen LogP contribution in [0.15, 0.2) is 73.1 Å². The van der Waals surface area contributed by atoms with Crippen molar-refractivity contribution in [1.29, 1.82) is 0 Å². The van der Waals surface area contributed by atoms with Crippen LogP contribution >= 0.6 is 0 Å². The molecule has 2 aromatic heterocycles. The Morgan fingerprint density at radius 2 is 1.88 bits per heavy atom. The molecule has 0 unspecified atom stereocenters. The topological polar surface area (TPSA) is 57.8 Å². The lowest BCUT2D eigenvalue weighted by Crippen LogP contribution is -2.11. The highest BCUT2D eigenvalue weighted by Crippen LogP contribution is 2.20. The Bertz CT molecular complexity index is 1050. The second-order valence-corrected chi connectivity index (χ2v) is 6.22. The van der Waals surface area contributed by atoms with Crippen LogP contribution in [0.5, 0.6) is 0 Å². The van der Waals surface area contributed by atoms with Crippen LogP contribution in [0.2, 0.25) is 0 Å². The van der Waals surface area contributed by atoms with Gasteiger partial charge in [0.2, 0.25) is 0 Å². The summed E-state index contributed by atoms with van der Waals surface area (Å²) in [7, 11) is 0. The molecular formula is C22H19N3O. The van der Waals surface area contributed by atoms with Crippen molar-refractivity contribution in [2.45, 2.75) is 13.3 Å². The van der Waals surface area contributed by atoms with E-state index >= 15 is 0 Å². The molecule has 0 spiro atoms. The van der Waals surface area contributed by atoms with Crippen molar-refractivity contribution in [3.63, 3.8) is 0 Å². The quantitative estimate of drug-likeness (QED) is 0.546. The number of nitrogens with zero attached hydrogens (tertiary/aromatic N) is 1. The molecule has 0 bridgehead atoms. The molecule has 0 aliphatic heterocycles. The van der Waals surface area contributed by atoms with Gasteiger partial charge in [-0.2, -0.15) is 0 Å². The van der Waals surface area contributed by atoms with Gasteiger partial charge in [0.05, 0.1) is 5.69 Å². The number of amides is 1. The fourth-order valence-corrected chi connectivity index (χ4v) is 2.93. The number of benzene rings is 2. The molecule has 4 aromatic rings. The number of H-pyrrole nitrogens is 1. The first-order valence-corrected chi connectivity index (χ1v) is 8.67. The number of hydrogen-bond donors (Lipinski definition) is 2. The maximum Gasteiger partial charge on any atom is 0.255 e. The summed E-state index contributed by atoms with van der Waals surface area (Å²) in [4.78, 5) is 20.1. The second kappa shape index (κ2) is 6.84. The van der Waals surface area contributed by atoms with Crippen LogP contribution in [0.4, 0.5) is 5.69 Å². The van der Waals surface area contributed by atoms with Crippen LogP contribution in [0.25, 0.3) is 22.2 Å². The number of nitrogens with one attached hydrogen (secondary N) is 2. The fraction of sp³-hybridized carbons (Fsp3) is 0.0909. The Hall–Kier alpha value is -3.40. The second-order valence-electron chi connectivity index (χ2n) is 6.22. The van der Waals surface area contributed by atoms with E-state index in [0.29, 0.717) is 5.56 Å². The third-order valence-electron chi connectivity index (χ3n) is 4.49. The van der Waals surface area contributed by atoms with E-state index in [1.165, 1.54) is 5.56 Å². The summed E-state index contributed by atoms with van der Waals surface area (Å²) in [5.41, 5.74) is 5.57. The van der Waals surface area contributed by atoms with Gasteiger partial charge >= 0.3 is 0 Å².